The van der Waals surface area contributed by atoms with Gasteiger partial charge in [-0.25, -0.2) is 4.79 Å². The number of hydrogen-bond donors (Lipinski definition) is 2. The van der Waals surface area contributed by atoms with E-state index in [1.54, 1.807) is 17.0 Å². The van der Waals surface area contributed by atoms with Crippen LogP contribution in [-0.4, -0.2) is 43.1 Å². The third-order valence-electron chi connectivity index (χ3n) is 3.82. The van der Waals surface area contributed by atoms with Gasteiger partial charge in [0.05, 0.1) is 28.7 Å². The minimum absolute atomic E-state index is 0.125. The molecule has 144 valence electrons. The lowest BCUT2D eigenvalue weighted by atomic mass is 10.2. The molecule has 1 aromatic carbocycles. The SMILES string of the molecule is O=C(Nc1ccc(C(F)(F)F)cc1)Nc1ccc(C(=O)N2CCOCC2)s1. The van der Waals surface area contributed by atoms with Crippen LogP contribution in [0.2, 0.25) is 0 Å². The highest BCUT2D eigenvalue weighted by Gasteiger charge is 2.30. The van der Waals surface area contributed by atoms with E-state index >= 15 is 0 Å². The number of urea groups is 1. The van der Waals surface area contributed by atoms with Crippen LogP contribution in [-0.2, 0) is 10.9 Å². The van der Waals surface area contributed by atoms with Gasteiger partial charge < -0.3 is 15.0 Å². The Kier molecular flexibility index (Phi) is 5.66. The van der Waals surface area contributed by atoms with Gasteiger partial charge in [-0.2, -0.15) is 13.2 Å². The number of carbonyl (C=O) groups is 2. The average molecular weight is 399 g/mol. The summed E-state index contributed by atoms with van der Waals surface area (Å²) in [5.74, 6) is -0.125. The molecule has 3 rings (SSSR count). The summed E-state index contributed by atoms with van der Waals surface area (Å²) in [6, 6.07) is 6.73. The first kappa shape index (κ1) is 19.2. The minimum atomic E-state index is -4.43. The molecule has 10 heteroatoms. The fourth-order valence-electron chi connectivity index (χ4n) is 2.46. The molecule has 2 heterocycles. The summed E-state index contributed by atoms with van der Waals surface area (Å²) in [5.41, 5.74) is -0.570. The highest BCUT2D eigenvalue weighted by Crippen LogP contribution is 2.30. The van der Waals surface area contributed by atoms with E-state index < -0.39 is 17.8 Å². The maximum atomic E-state index is 12.5. The fourth-order valence-corrected chi connectivity index (χ4v) is 3.33. The Hall–Kier alpha value is -2.59. The molecule has 1 aromatic heterocycles. The average Bonchev–Trinajstić information content (AvgIpc) is 3.09. The lowest BCUT2D eigenvalue weighted by Crippen LogP contribution is -2.40. The molecule has 3 amide bonds. The number of alkyl halides is 3. The van der Waals surface area contributed by atoms with Gasteiger partial charge in [0.1, 0.15) is 0 Å². The maximum absolute atomic E-state index is 12.5. The van der Waals surface area contributed by atoms with Crippen molar-refractivity contribution in [2.45, 2.75) is 6.18 Å². The van der Waals surface area contributed by atoms with Crippen LogP contribution in [0.15, 0.2) is 36.4 Å². The van der Waals surface area contributed by atoms with E-state index in [-0.39, 0.29) is 11.6 Å². The van der Waals surface area contributed by atoms with E-state index in [4.69, 9.17) is 4.74 Å². The molecule has 1 saturated heterocycles. The van der Waals surface area contributed by atoms with Crippen LogP contribution in [0.5, 0.6) is 0 Å². The van der Waals surface area contributed by atoms with Crippen LogP contribution >= 0.6 is 11.3 Å². The van der Waals surface area contributed by atoms with Gasteiger partial charge in [-0.15, -0.1) is 11.3 Å². The van der Waals surface area contributed by atoms with Crippen LogP contribution in [0, 0.1) is 0 Å². The van der Waals surface area contributed by atoms with Crippen LogP contribution in [0.4, 0.5) is 28.7 Å². The molecule has 2 N–H and O–H groups in total. The molecule has 27 heavy (non-hydrogen) atoms. The number of ether oxygens (including phenoxy) is 1. The molecule has 6 nitrogen and oxygen atoms in total. The van der Waals surface area contributed by atoms with Gasteiger partial charge in [0, 0.05) is 18.8 Å². The van der Waals surface area contributed by atoms with Gasteiger partial charge in [-0.05, 0) is 36.4 Å². The lowest BCUT2D eigenvalue weighted by molar-refractivity contribution is -0.137. The number of anilines is 2. The number of nitrogens with one attached hydrogen (secondary N) is 2. The number of morpholine rings is 1. The second-order valence-corrected chi connectivity index (χ2v) is 6.81. The molecule has 1 fully saturated rings. The second-order valence-electron chi connectivity index (χ2n) is 5.72. The van der Waals surface area contributed by atoms with Crippen molar-refractivity contribution in [3.63, 3.8) is 0 Å². The first-order valence-corrected chi connectivity index (χ1v) is 8.87. The molecule has 1 aliphatic heterocycles. The zero-order valence-corrected chi connectivity index (χ0v) is 14.8. The van der Waals surface area contributed by atoms with E-state index in [1.807, 2.05) is 0 Å². The van der Waals surface area contributed by atoms with E-state index in [1.165, 1.54) is 12.1 Å². The zero-order valence-electron chi connectivity index (χ0n) is 14.0. The van der Waals surface area contributed by atoms with E-state index in [0.717, 1.165) is 23.5 Å². The lowest BCUT2D eigenvalue weighted by Gasteiger charge is -2.26. The van der Waals surface area contributed by atoms with Crippen molar-refractivity contribution in [2.75, 3.05) is 36.9 Å². The summed E-state index contributed by atoms with van der Waals surface area (Å²) in [6.45, 7) is 2.04. The smallest absolute Gasteiger partial charge is 0.378 e. The largest absolute Gasteiger partial charge is 0.416 e. The van der Waals surface area contributed by atoms with Gasteiger partial charge in [0.2, 0.25) is 0 Å². The van der Waals surface area contributed by atoms with Gasteiger partial charge in [0.25, 0.3) is 5.91 Å². The highest BCUT2D eigenvalue weighted by atomic mass is 32.1. The van der Waals surface area contributed by atoms with Crippen molar-refractivity contribution in [3.05, 3.63) is 46.8 Å². The van der Waals surface area contributed by atoms with Crippen molar-refractivity contribution >= 4 is 34.0 Å². The second kappa shape index (κ2) is 7.97. The summed E-state index contributed by atoms with van der Waals surface area (Å²) >= 11 is 1.13. The molecule has 0 spiro atoms. The standard InChI is InChI=1S/C17H16F3N3O3S/c18-17(19,20)11-1-3-12(4-2-11)21-16(25)22-14-6-5-13(27-14)15(24)23-7-9-26-10-8-23/h1-6H,7-10H2,(H2,21,22,25). The molecule has 0 bridgehead atoms. The zero-order chi connectivity index (χ0) is 19.4. The Morgan fingerprint density at radius 1 is 1.00 bits per heavy atom. The molecule has 2 aromatic rings. The number of amides is 3. The van der Waals surface area contributed by atoms with Crippen LogP contribution < -0.4 is 10.6 Å². The van der Waals surface area contributed by atoms with Crippen molar-refractivity contribution in [1.29, 1.82) is 0 Å². The van der Waals surface area contributed by atoms with Crippen molar-refractivity contribution in [3.8, 4) is 0 Å². The third kappa shape index (κ3) is 4.98. The van der Waals surface area contributed by atoms with Crippen molar-refractivity contribution in [1.82, 2.24) is 4.90 Å². The monoisotopic (exact) mass is 399 g/mol. The van der Waals surface area contributed by atoms with Crippen molar-refractivity contribution in [2.24, 2.45) is 0 Å². The number of thiophene rings is 1. The minimum Gasteiger partial charge on any atom is -0.378 e. The molecule has 0 radical (unpaired) electrons. The van der Waals surface area contributed by atoms with E-state index in [2.05, 4.69) is 10.6 Å². The molecule has 0 saturated carbocycles. The Bertz CT molecular complexity index is 815. The first-order chi connectivity index (χ1) is 12.8. The van der Waals surface area contributed by atoms with Crippen molar-refractivity contribution < 1.29 is 27.5 Å². The van der Waals surface area contributed by atoms with E-state index in [0.29, 0.717) is 36.2 Å². The Morgan fingerprint density at radius 3 is 2.30 bits per heavy atom. The molecule has 0 unspecified atom stereocenters. The van der Waals surface area contributed by atoms with Gasteiger partial charge in [-0.3, -0.25) is 10.1 Å². The highest BCUT2D eigenvalue weighted by molar-refractivity contribution is 7.18. The van der Waals surface area contributed by atoms with Crippen LogP contribution in [0.3, 0.4) is 0 Å². The molecule has 0 atom stereocenters. The van der Waals surface area contributed by atoms with E-state index in [9.17, 15) is 22.8 Å². The maximum Gasteiger partial charge on any atom is 0.416 e. The Balaban J connectivity index is 1.57. The van der Waals surface area contributed by atoms with Gasteiger partial charge >= 0.3 is 12.2 Å². The first-order valence-electron chi connectivity index (χ1n) is 8.05. The number of rotatable bonds is 3. The summed E-state index contributed by atoms with van der Waals surface area (Å²) in [5, 5.41) is 5.47. The molecule has 0 aliphatic carbocycles. The number of nitrogens with zero attached hydrogens (tertiary/aromatic N) is 1. The molecule has 1 aliphatic rings. The number of hydrogen-bond acceptors (Lipinski definition) is 4. The predicted molar refractivity (Wildman–Crippen MR) is 95.1 cm³/mol. The molecular weight excluding hydrogens is 383 g/mol. The predicted octanol–water partition coefficient (Wildman–Crippen LogP) is 3.88. The molecular formula is C17H16F3N3O3S. The van der Waals surface area contributed by atoms with Gasteiger partial charge in [-0.1, -0.05) is 0 Å². The third-order valence-corrected chi connectivity index (χ3v) is 4.81. The Morgan fingerprint density at radius 2 is 1.67 bits per heavy atom. The van der Waals surface area contributed by atoms with Crippen LogP contribution in [0.25, 0.3) is 0 Å². The summed E-state index contributed by atoms with van der Waals surface area (Å²) in [4.78, 5) is 26.5. The van der Waals surface area contributed by atoms with Crippen LogP contribution in [0.1, 0.15) is 15.2 Å². The fraction of sp³-hybridized carbons (Fsp3) is 0.294. The number of benzene rings is 1. The topological polar surface area (TPSA) is 70.7 Å². The quantitative estimate of drug-likeness (QED) is 0.823. The summed E-state index contributed by atoms with van der Waals surface area (Å²) < 4.78 is 42.8. The normalized spacial score (nSPS) is 14.7. The summed E-state index contributed by atoms with van der Waals surface area (Å²) in [7, 11) is 0. The van der Waals surface area contributed by atoms with Gasteiger partial charge in [0.15, 0.2) is 0 Å². The number of carbonyl (C=O) groups excluding carboxylic acids is 2. The number of halogens is 3. The Labute approximate surface area is 156 Å². The summed E-state index contributed by atoms with van der Waals surface area (Å²) in [6.07, 6.45) is -4.43.